The Morgan fingerprint density at radius 2 is 2.21 bits per heavy atom. The van der Waals surface area contributed by atoms with E-state index in [0.717, 1.165) is 5.56 Å². The number of rotatable bonds is 3. The van der Waals surface area contributed by atoms with Crippen LogP contribution >= 0.6 is 12.2 Å². The zero-order chi connectivity index (χ0) is 13.7. The zero-order valence-electron chi connectivity index (χ0n) is 10.1. The van der Waals surface area contributed by atoms with Crippen LogP contribution in [0.2, 0.25) is 0 Å². The van der Waals surface area contributed by atoms with Gasteiger partial charge in [-0.25, -0.2) is 8.42 Å². The molecule has 1 fully saturated rings. The molecule has 0 amide bonds. The van der Waals surface area contributed by atoms with E-state index in [1.165, 1.54) is 0 Å². The fraction of sp³-hybridized carbons (Fsp3) is 0.364. The smallest absolute Gasteiger partial charge is 0.187 e. The topological polar surface area (TPSA) is 83.5 Å². The minimum Gasteiger partial charge on any atom is -0.358 e. The van der Waals surface area contributed by atoms with E-state index in [0.29, 0.717) is 11.5 Å². The van der Waals surface area contributed by atoms with E-state index in [1.807, 2.05) is 12.1 Å². The molecule has 0 bridgehead atoms. The molecular weight excluding hydrogens is 284 g/mol. The highest BCUT2D eigenvalue weighted by Crippen LogP contribution is 2.10. The molecule has 2 rings (SSSR count). The second kappa shape index (κ2) is 6.07. The summed E-state index contributed by atoms with van der Waals surface area (Å²) in [6, 6.07) is 3.50. The van der Waals surface area contributed by atoms with Crippen LogP contribution in [0.3, 0.4) is 0 Å². The zero-order valence-corrected chi connectivity index (χ0v) is 11.7. The molecule has 2 N–H and O–H groups in total. The predicted molar refractivity (Wildman–Crippen MR) is 77.8 cm³/mol. The van der Waals surface area contributed by atoms with Crippen LogP contribution in [0.5, 0.6) is 0 Å². The molecule has 1 saturated heterocycles. The van der Waals surface area contributed by atoms with E-state index >= 15 is 0 Å². The van der Waals surface area contributed by atoms with Gasteiger partial charge in [0.15, 0.2) is 14.9 Å². The van der Waals surface area contributed by atoms with Crippen molar-refractivity contribution in [1.29, 1.82) is 0 Å². The minimum atomic E-state index is -2.90. The molecule has 6 nitrogen and oxygen atoms in total. The Morgan fingerprint density at radius 3 is 2.84 bits per heavy atom. The Kier molecular flexibility index (Phi) is 4.43. The van der Waals surface area contributed by atoms with Gasteiger partial charge in [-0.1, -0.05) is 0 Å². The van der Waals surface area contributed by atoms with Crippen molar-refractivity contribution >= 4 is 33.4 Å². The fourth-order valence-corrected chi connectivity index (χ4v) is 3.63. The predicted octanol–water partition coefficient (Wildman–Crippen LogP) is 0.0667. The molecule has 0 aromatic carbocycles. The normalized spacial score (nSPS) is 21.4. The van der Waals surface area contributed by atoms with Gasteiger partial charge in [-0.3, -0.25) is 10.4 Å². The highest BCUT2D eigenvalue weighted by molar-refractivity contribution is 7.91. The molecule has 2 heterocycles. The molecule has 0 aliphatic carbocycles. The van der Waals surface area contributed by atoms with Crippen LogP contribution in [0.15, 0.2) is 29.6 Å². The quantitative estimate of drug-likeness (QED) is 0.467. The Morgan fingerprint density at radius 1 is 1.47 bits per heavy atom. The highest BCUT2D eigenvalue weighted by atomic mass is 32.2. The van der Waals surface area contributed by atoms with E-state index in [1.54, 1.807) is 18.6 Å². The summed E-state index contributed by atoms with van der Waals surface area (Å²) >= 11 is 5.04. The van der Waals surface area contributed by atoms with Gasteiger partial charge in [-0.05, 0) is 36.3 Å². The summed E-state index contributed by atoms with van der Waals surface area (Å²) in [6.07, 6.45) is 5.53. The maximum Gasteiger partial charge on any atom is 0.187 e. The van der Waals surface area contributed by atoms with Gasteiger partial charge >= 0.3 is 0 Å². The van der Waals surface area contributed by atoms with E-state index in [2.05, 4.69) is 20.8 Å². The SMILES string of the molecule is O=S1(=O)CCC(NC(=S)N/N=C/c2ccncc2)C1. The third kappa shape index (κ3) is 4.56. The molecule has 0 spiro atoms. The molecule has 0 radical (unpaired) electrons. The summed E-state index contributed by atoms with van der Waals surface area (Å²) in [5.41, 5.74) is 3.56. The number of thiocarbonyl (C=S) groups is 1. The molecule has 1 aromatic heterocycles. The van der Waals surface area contributed by atoms with Crippen LogP contribution in [-0.4, -0.2) is 42.3 Å². The van der Waals surface area contributed by atoms with Crippen molar-refractivity contribution in [2.45, 2.75) is 12.5 Å². The lowest BCUT2D eigenvalue weighted by atomic mass is 10.3. The summed E-state index contributed by atoms with van der Waals surface area (Å²) in [5.74, 6) is 0.344. The average molecular weight is 298 g/mol. The number of aromatic nitrogens is 1. The van der Waals surface area contributed by atoms with Crippen molar-refractivity contribution in [3.8, 4) is 0 Å². The highest BCUT2D eigenvalue weighted by Gasteiger charge is 2.27. The molecular formula is C11H14N4O2S2. The molecule has 1 aliphatic rings. The van der Waals surface area contributed by atoms with E-state index in [4.69, 9.17) is 12.2 Å². The lowest BCUT2D eigenvalue weighted by Crippen LogP contribution is -2.40. The van der Waals surface area contributed by atoms with Gasteiger partial charge in [0.25, 0.3) is 0 Å². The first kappa shape index (κ1) is 13.9. The maximum atomic E-state index is 11.3. The standard InChI is InChI=1S/C11H14N4O2S2/c16-19(17)6-3-10(8-19)14-11(18)15-13-7-9-1-4-12-5-2-9/h1-2,4-5,7,10H,3,6,8H2,(H2,14,15,18)/b13-7+. The first-order valence-electron chi connectivity index (χ1n) is 5.75. The number of nitrogens with one attached hydrogen (secondary N) is 2. The summed E-state index contributed by atoms with van der Waals surface area (Å²) in [4.78, 5) is 3.89. The Labute approximate surface area is 117 Å². The van der Waals surface area contributed by atoms with Crippen molar-refractivity contribution in [3.05, 3.63) is 30.1 Å². The maximum absolute atomic E-state index is 11.3. The number of hydrogen-bond donors (Lipinski definition) is 2. The molecule has 0 saturated carbocycles. The molecule has 1 aliphatic heterocycles. The number of nitrogens with zero attached hydrogens (tertiary/aromatic N) is 2. The first-order valence-corrected chi connectivity index (χ1v) is 7.98. The minimum absolute atomic E-state index is 0.124. The Bertz CT molecular complexity index is 572. The van der Waals surface area contributed by atoms with Crippen LogP contribution in [0, 0.1) is 0 Å². The lowest BCUT2D eigenvalue weighted by Gasteiger charge is -2.11. The van der Waals surface area contributed by atoms with Gasteiger partial charge in [0.1, 0.15) is 0 Å². The van der Waals surface area contributed by atoms with Crippen molar-refractivity contribution < 1.29 is 8.42 Å². The molecule has 8 heteroatoms. The average Bonchev–Trinajstić information content (AvgIpc) is 2.70. The number of hydrogen-bond acceptors (Lipinski definition) is 5. The number of sulfone groups is 1. The summed E-state index contributed by atoms with van der Waals surface area (Å²) in [5, 5.41) is 7.23. The van der Waals surface area contributed by atoms with Crippen LogP contribution < -0.4 is 10.7 Å². The summed E-state index contributed by atoms with van der Waals surface area (Å²) in [6.45, 7) is 0. The van der Waals surface area contributed by atoms with Crippen molar-refractivity contribution in [1.82, 2.24) is 15.7 Å². The van der Waals surface area contributed by atoms with Gasteiger partial charge in [0, 0.05) is 18.4 Å². The van der Waals surface area contributed by atoms with E-state index in [-0.39, 0.29) is 17.5 Å². The molecule has 1 atom stereocenters. The van der Waals surface area contributed by atoms with Crippen molar-refractivity contribution in [2.75, 3.05) is 11.5 Å². The Hall–Kier alpha value is -1.54. The molecule has 1 aromatic rings. The van der Waals surface area contributed by atoms with E-state index < -0.39 is 9.84 Å². The monoisotopic (exact) mass is 298 g/mol. The van der Waals surface area contributed by atoms with Crippen molar-refractivity contribution in [2.24, 2.45) is 5.10 Å². The number of hydrazone groups is 1. The van der Waals surface area contributed by atoms with Crippen LogP contribution in [0.25, 0.3) is 0 Å². The van der Waals surface area contributed by atoms with Gasteiger partial charge in [0.2, 0.25) is 0 Å². The van der Waals surface area contributed by atoms with Gasteiger partial charge in [0.05, 0.1) is 17.7 Å². The van der Waals surface area contributed by atoms with Crippen LogP contribution in [0.1, 0.15) is 12.0 Å². The largest absolute Gasteiger partial charge is 0.358 e. The molecule has 19 heavy (non-hydrogen) atoms. The van der Waals surface area contributed by atoms with Gasteiger partial charge in [-0.15, -0.1) is 0 Å². The first-order chi connectivity index (χ1) is 9.05. The fourth-order valence-electron chi connectivity index (χ4n) is 1.74. The van der Waals surface area contributed by atoms with Gasteiger partial charge in [-0.2, -0.15) is 5.10 Å². The number of pyridine rings is 1. The van der Waals surface area contributed by atoms with Crippen molar-refractivity contribution in [3.63, 3.8) is 0 Å². The van der Waals surface area contributed by atoms with Crippen LogP contribution in [-0.2, 0) is 9.84 Å². The second-order valence-electron chi connectivity index (χ2n) is 4.22. The lowest BCUT2D eigenvalue weighted by molar-refractivity contribution is 0.600. The third-order valence-corrected chi connectivity index (χ3v) is 4.63. The van der Waals surface area contributed by atoms with Gasteiger partial charge < -0.3 is 5.32 Å². The van der Waals surface area contributed by atoms with E-state index in [9.17, 15) is 8.42 Å². The second-order valence-corrected chi connectivity index (χ2v) is 6.86. The molecule has 102 valence electrons. The molecule has 1 unspecified atom stereocenters. The Balaban J connectivity index is 1.78. The summed E-state index contributed by atoms with van der Waals surface area (Å²) in [7, 11) is -2.90. The third-order valence-electron chi connectivity index (χ3n) is 2.65. The van der Waals surface area contributed by atoms with Crippen LogP contribution in [0.4, 0.5) is 0 Å². The summed E-state index contributed by atoms with van der Waals surface area (Å²) < 4.78 is 22.6.